The average Bonchev–Trinajstić information content (AvgIpc) is 3.02. The fraction of sp³-hybridized carbons (Fsp3) is 0.556. The predicted molar refractivity (Wildman–Crippen MR) is 80.4 cm³/mol. The highest BCUT2D eigenvalue weighted by Crippen LogP contribution is 2.52. The number of fused-ring (bicyclic) bond motifs is 2. The third kappa shape index (κ3) is 1.98. The number of hydrogen-bond donors (Lipinski definition) is 0. The summed E-state index contributed by atoms with van der Waals surface area (Å²) < 4.78 is 17.2. The molecule has 0 fully saturated rings. The van der Waals surface area contributed by atoms with Gasteiger partial charge in [-0.1, -0.05) is 19.4 Å². The molecule has 0 unspecified atom stereocenters. The summed E-state index contributed by atoms with van der Waals surface area (Å²) in [6, 6.07) is 4.21. The third-order valence-corrected chi connectivity index (χ3v) is 5.13. The molecule has 1 atom stereocenters. The van der Waals surface area contributed by atoms with Crippen LogP contribution < -0.4 is 9.47 Å². The van der Waals surface area contributed by atoms with Crippen molar-refractivity contribution in [1.82, 2.24) is 0 Å². The van der Waals surface area contributed by atoms with E-state index >= 15 is 0 Å². The molecule has 0 saturated carbocycles. The Bertz CT molecular complexity index is 628. The molecule has 112 valence electrons. The molecule has 2 aliphatic heterocycles. The van der Waals surface area contributed by atoms with Gasteiger partial charge >= 0.3 is 0 Å². The third-order valence-electron chi connectivity index (χ3n) is 5.13. The second kappa shape index (κ2) is 4.51. The monoisotopic (exact) mass is 286 g/mol. The SMILES string of the molecule is CC1=C([C@H]2OCc3cc4c(cc32)OCO4)C(C)(C)CCC1. The van der Waals surface area contributed by atoms with Gasteiger partial charge in [-0.05, 0) is 60.4 Å². The number of benzene rings is 1. The van der Waals surface area contributed by atoms with Crippen molar-refractivity contribution >= 4 is 0 Å². The molecule has 3 aliphatic rings. The Morgan fingerprint density at radius 3 is 2.67 bits per heavy atom. The van der Waals surface area contributed by atoms with Crippen LogP contribution in [0.15, 0.2) is 23.3 Å². The van der Waals surface area contributed by atoms with Gasteiger partial charge in [0.25, 0.3) is 0 Å². The summed E-state index contributed by atoms with van der Waals surface area (Å²) in [6.45, 7) is 7.96. The second-order valence-electron chi connectivity index (χ2n) is 7.03. The zero-order chi connectivity index (χ0) is 14.6. The fourth-order valence-corrected chi connectivity index (χ4v) is 4.09. The van der Waals surface area contributed by atoms with Crippen molar-refractivity contribution in [1.29, 1.82) is 0 Å². The van der Waals surface area contributed by atoms with Crippen molar-refractivity contribution in [2.45, 2.75) is 52.7 Å². The Morgan fingerprint density at radius 2 is 1.90 bits per heavy atom. The van der Waals surface area contributed by atoms with Crippen LogP contribution in [-0.2, 0) is 11.3 Å². The molecule has 0 aromatic heterocycles. The Labute approximate surface area is 125 Å². The molecule has 1 aliphatic carbocycles. The van der Waals surface area contributed by atoms with E-state index in [4.69, 9.17) is 14.2 Å². The minimum Gasteiger partial charge on any atom is -0.454 e. The summed E-state index contributed by atoms with van der Waals surface area (Å²) in [5, 5.41) is 0. The van der Waals surface area contributed by atoms with Crippen LogP contribution in [0.3, 0.4) is 0 Å². The molecule has 4 rings (SSSR count). The van der Waals surface area contributed by atoms with Gasteiger partial charge in [-0.25, -0.2) is 0 Å². The van der Waals surface area contributed by atoms with E-state index in [9.17, 15) is 0 Å². The van der Waals surface area contributed by atoms with Crippen molar-refractivity contribution in [2.75, 3.05) is 6.79 Å². The summed E-state index contributed by atoms with van der Waals surface area (Å²) in [6.07, 6.45) is 3.80. The first-order chi connectivity index (χ1) is 10.1. The van der Waals surface area contributed by atoms with E-state index in [2.05, 4.69) is 32.9 Å². The van der Waals surface area contributed by atoms with Gasteiger partial charge in [0.2, 0.25) is 6.79 Å². The lowest BCUT2D eigenvalue weighted by molar-refractivity contribution is 0.0714. The van der Waals surface area contributed by atoms with E-state index in [0.717, 1.165) is 11.5 Å². The minimum absolute atomic E-state index is 0.0878. The minimum atomic E-state index is 0.0878. The molecular weight excluding hydrogens is 264 g/mol. The van der Waals surface area contributed by atoms with Gasteiger partial charge in [0.1, 0.15) is 6.10 Å². The Balaban J connectivity index is 1.80. The molecule has 1 aromatic carbocycles. The van der Waals surface area contributed by atoms with Crippen molar-refractivity contribution in [3.8, 4) is 11.5 Å². The van der Waals surface area contributed by atoms with Crippen LogP contribution in [0.1, 0.15) is 57.3 Å². The van der Waals surface area contributed by atoms with E-state index in [1.165, 1.54) is 41.5 Å². The van der Waals surface area contributed by atoms with E-state index < -0.39 is 0 Å². The summed E-state index contributed by atoms with van der Waals surface area (Å²) in [5.74, 6) is 1.71. The lowest BCUT2D eigenvalue weighted by Crippen LogP contribution is -2.25. The highest BCUT2D eigenvalue weighted by atomic mass is 16.7. The summed E-state index contributed by atoms with van der Waals surface area (Å²) in [7, 11) is 0. The van der Waals surface area contributed by atoms with Crippen molar-refractivity contribution < 1.29 is 14.2 Å². The molecule has 0 saturated heterocycles. The molecule has 0 radical (unpaired) electrons. The number of allylic oxidation sites excluding steroid dienone is 1. The molecule has 3 heteroatoms. The van der Waals surface area contributed by atoms with Gasteiger partial charge in [0, 0.05) is 0 Å². The Morgan fingerprint density at radius 1 is 1.14 bits per heavy atom. The summed E-state index contributed by atoms with van der Waals surface area (Å²) in [4.78, 5) is 0. The second-order valence-corrected chi connectivity index (χ2v) is 7.03. The summed E-state index contributed by atoms with van der Waals surface area (Å²) in [5.41, 5.74) is 5.70. The number of hydrogen-bond acceptors (Lipinski definition) is 3. The van der Waals surface area contributed by atoms with Gasteiger partial charge in [-0.2, -0.15) is 0 Å². The number of ether oxygens (including phenoxy) is 3. The predicted octanol–water partition coefficient (Wildman–Crippen LogP) is 4.51. The maximum Gasteiger partial charge on any atom is 0.231 e. The maximum absolute atomic E-state index is 6.18. The highest BCUT2D eigenvalue weighted by molar-refractivity contribution is 5.52. The van der Waals surface area contributed by atoms with Gasteiger partial charge in [-0.3, -0.25) is 0 Å². The van der Waals surface area contributed by atoms with Crippen LogP contribution in [-0.4, -0.2) is 6.79 Å². The zero-order valence-corrected chi connectivity index (χ0v) is 13.0. The normalized spacial score (nSPS) is 26.1. The number of rotatable bonds is 1. The Kier molecular flexibility index (Phi) is 2.83. The first-order valence-corrected chi connectivity index (χ1v) is 7.80. The largest absolute Gasteiger partial charge is 0.454 e. The molecular formula is C18H22O3. The first-order valence-electron chi connectivity index (χ1n) is 7.80. The molecule has 1 aromatic rings. The van der Waals surface area contributed by atoms with Crippen LogP contribution in [0, 0.1) is 5.41 Å². The maximum atomic E-state index is 6.18. The van der Waals surface area contributed by atoms with Gasteiger partial charge in [0.05, 0.1) is 6.61 Å². The van der Waals surface area contributed by atoms with E-state index in [-0.39, 0.29) is 11.5 Å². The van der Waals surface area contributed by atoms with E-state index in [1.807, 2.05) is 0 Å². The Hall–Kier alpha value is -1.48. The van der Waals surface area contributed by atoms with Crippen LogP contribution in [0.2, 0.25) is 0 Å². The van der Waals surface area contributed by atoms with Crippen molar-refractivity contribution in [3.63, 3.8) is 0 Å². The molecule has 0 spiro atoms. The molecule has 0 bridgehead atoms. The van der Waals surface area contributed by atoms with Crippen LogP contribution >= 0.6 is 0 Å². The highest BCUT2D eigenvalue weighted by Gasteiger charge is 2.39. The van der Waals surface area contributed by atoms with Gasteiger partial charge in [0.15, 0.2) is 11.5 Å². The first kappa shape index (κ1) is 13.2. The van der Waals surface area contributed by atoms with Crippen molar-refractivity contribution in [3.05, 3.63) is 34.4 Å². The fourth-order valence-electron chi connectivity index (χ4n) is 4.09. The zero-order valence-electron chi connectivity index (χ0n) is 13.0. The van der Waals surface area contributed by atoms with E-state index in [0.29, 0.717) is 13.4 Å². The molecule has 2 heterocycles. The van der Waals surface area contributed by atoms with Crippen LogP contribution in [0.25, 0.3) is 0 Å². The average molecular weight is 286 g/mol. The summed E-state index contributed by atoms with van der Waals surface area (Å²) >= 11 is 0. The van der Waals surface area contributed by atoms with Crippen LogP contribution in [0.4, 0.5) is 0 Å². The molecule has 3 nitrogen and oxygen atoms in total. The lowest BCUT2D eigenvalue weighted by Gasteiger charge is -2.37. The quantitative estimate of drug-likeness (QED) is 0.711. The van der Waals surface area contributed by atoms with Crippen molar-refractivity contribution in [2.24, 2.45) is 5.41 Å². The smallest absolute Gasteiger partial charge is 0.231 e. The molecule has 0 amide bonds. The lowest BCUT2D eigenvalue weighted by atomic mass is 9.69. The van der Waals surface area contributed by atoms with Gasteiger partial charge in [-0.15, -0.1) is 0 Å². The van der Waals surface area contributed by atoms with E-state index in [1.54, 1.807) is 0 Å². The van der Waals surface area contributed by atoms with Gasteiger partial charge < -0.3 is 14.2 Å². The standard InChI is InChI=1S/C18H22O3/c1-11-5-4-6-18(2,3)16(11)17-13-8-15-14(20-10-21-15)7-12(13)9-19-17/h7-8,17H,4-6,9-10H2,1-3H3/t17-/m0/s1. The topological polar surface area (TPSA) is 27.7 Å². The molecule has 21 heavy (non-hydrogen) atoms. The molecule has 0 N–H and O–H groups in total. The van der Waals surface area contributed by atoms with Crippen LogP contribution in [0.5, 0.6) is 11.5 Å².